The van der Waals surface area contributed by atoms with E-state index in [2.05, 4.69) is 10.3 Å². The van der Waals surface area contributed by atoms with E-state index in [0.29, 0.717) is 5.69 Å². The highest BCUT2D eigenvalue weighted by atomic mass is 16.3. The number of carbonyl (C=O) groups excluding carboxylic acids is 1. The second kappa shape index (κ2) is 6.43. The molecule has 0 radical (unpaired) electrons. The molecule has 0 amide bonds. The molecule has 0 aliphatic carbocycles. The van der Waals surface area contributed by atoms with Crippen molar-refractivity contribution in [3.63, 3.8) is 0 Å². The number of para-hydroxylation sites is 1. The molecule has 1 N–H and O–H groups in total. The van der Waals surface area contributed by atoms with Crippen LogP contribution in [-0.4, -0.2) is 32.0 Å². The quantitative estimate of drug-likeness (QED) is 0.820. The lowest BCUT2D eigenvalue weighted by atomic mass is 9.92. The van der Waals surface area contributed by atoms with Crippen molar-refractivity contribution in [3.05, 3.63) is 42.2 Å². The molecule has 1 aromatic heterocycles. The molecule has 20 heavy (non-hydrogen) atoms. The number of ketones is 1. The van der Waals surface area contributed by atoms with Gasteiger partial charge in [0.15, 0.2) is 0 Å². The van der Waals surface area contributed by atoms with Crippen molar-refractivity contribution in [3.8, 4) is 5.69 Å². The van der Waals surface area contributed by atoms with Crippen LogP contribution in [0.25, 0.3) is 5.69 Å². The van der Waals surface area contributed by atoms with E-state index in [-0.39, 0.29) is 11.7 Å². The van der Waals surface area contributed by atoms with Gasteiger partial charge in [-0.05, 0) is 18.1 Å². The fourth-order valence-electron chi connectivity index (χ4n) is 2.26. The average Bonchev–Trinajstić information content (AvgIpc) is 2.98. The standard InChI is InChI=1S/C15H19N3O2/c1-3-11(4-2)14(19)15(20)13-10-16-17-18(13)12-8-6-5-7-9-12/h5-11,14,19H,3-4H2,1-2H3. The summed E-state index contributed by atoms with van der Waals surface area (Å²) in [5.41, 5.74) is 1.07. The zero-order valence-electron chi connectivity index (χ0n) is 11.7. The van der Waals surface area contributed by atoms with E-state index in [1.807, 2.05) is 44.2 Å². The van der Waals surface area contributed by atoms with Gasteiger partial charge in [0, 0.05) is 0 Å². The molecule has 0 aliphatic rings. The maximum atomic E-state index is 12.4. The van der Waals surface area contributed by atoms with Crippen molar-refractivity contribution in [2.45, 2.75) is 32.8 Å². The van der Waals surface area contributed by atoms with E-state index < -0.39 is 6.10 Å². The van der Waals surface area contributed by atoms with Gasteiger partial charge in [0.25, 0.3) is 0 Å². The van der Waals surface area contributed by atoms with Gasteiger partial charge in [0.1, 0.15) is 11.8 Å². The van der Waals surface area contributed by atoms with E-state index in [4.69, 9.17) is 0 Å². The molecule has 1 atom stereocenters. The summed E-state index contributed by atoms with van der Waals surface area (Å²) in [6.07, 6.45) is 1.92. The maximum Gasteiger partial charge on any atom is 0.211 e. The Bertz CT molecular complexity index is 562. The molecule has 0 aliphatic heterocycles. The minimum absolute atomic E-state index is 0.0402. The zero-order valence-corrected chi connectivity index (χ0v) is 11.7. The van der Waals surface area contributed by atoms with Gasteiger partial charge in [-0.15, -0.1) is 5.10 Å². The summed E-state index contributed by atoms with van der Waals surface area (Å²) in [5, 5.41) is 17.9. The first-order valence-corrected chi connectivity index (χ1v) is 6.87. The summed E-state index contributed by atoms with van der Waals surface area (Å²) < 4.78 is 1.47. The fraction of sp³-hybridized carbons (Fsp3) is 0.400. The molecule has 106 valence electrons. The third-order valence-electron chi connectivity index (χ3n) is 3.57. The third kappa shape index (κ3) is 2.77. The Morgan fingerprint density at radius 2 is 1.90 bits per heavy atom. The van der Waals surface area contributed by atoms with Gasteiger partial charge in [-0.2, -0.15) is 0 Å². The highest BCUT2D eigenvalue weighted by Gasteiger charge is 2.27. The van der Waals surface area contributed by atoms with Crippen LogP contribution >= 0.6 is 0 Å². The monoisotopic (exact) mass is 273 g/mol. The van der Waals surface area contributed by atoms with E-state index in [1.54, 1.807) is 0 Å². The van der Waals surface area contributed by atoms with Gasteiger partial charge >= 0.3 is 0 Å². The number of nitrogens with zero attached hydrogens (tertiary/aromatic N) is 3. The number of aromatic nitrogens is 3. The van der Waals surface area contributed by atoms with E-state index in [9.17, 15) is 9.90 Å². The number of carbonyl (C=O) groups is 1. The van der Waals surface area contributed by atoms with Gasteiger partial charge in [0.2, 0.25) is 5.78 Å². The number of Topliss-reactive ketones (excluding diaryl/α,β-unsaturated/α-hetero) is 1. The fourth-order valence-corrected chi connectivity index (χ4v) is 2.26. The smallest absolute Gasteiger partial charge is 0.211 e. The largest absolute Gasteiger partial charge is 0.385 e. The number of hydrogen-bond donors (Lipinski definition) is 1. The maximum absolute atomic E-state index is 12.4. The van der Waals surface area contributed by atoms with Crippen LogP contribution in [0.4, 0.5) is 0 Å². The molecule has 5 nitrogen and oxygen atoms in total. The van der Waals surface area contributed by atoms with Gasteiger partial charge < -0.3 is 5.11 Å². The SMILES string of the molecule is CCC(CC)C(O)C(=O)c1cnnn1-c1ccccc1. The van der Waals surface area contributed by atoms with Crippen molar-refractivity contribution in [1.82, 2.24) is 15.0 Å². The summed E-state index contributed by atoms with van der Waals surface area (Å²) >= 11 is 0. The van der Waals surface area contributed by atoms with Crippen LogP contribution in [0.3, 0.4) is 0 Å². The topological polar surface area (TPSA) is 68.0 Å². The summed E-state index contributed by atoms with van der Waals surface area (Å²) in [6.45, 7) is 3.94. The van der Waals surface area contributed by atoms with Gasteiger partial charge in [-0.3, -0.25) is 4.79 Å². The molecule has 2 rings (SSSR count). The minimum Gasteiger partial charge on any atom is -0.385 e. The molecular formula is C15H19N3O2. The summed E-state index contributed by atoms with van der Waals surface area (Å²) in [4.78, 5) is 12.4. The lowest BCUT2D eigenvalue weighted by Crippen LogP contribution is -2.30. The first kappa shape index (κ1) is 14.4. The molecule has 0 saturated heterocycles. The van der Waals surface area contributed by atoms with E-state index in [1.165, 1.54) is 10.9 Å². The van der Waals surface area contributed by atoms with Crippen LogP contribution in [0.5, 0.6) is 0 Å². The number of benzene rings is 1. The highest BCUT2D eigenvalue weighted by Crippen LogP contribution is 2.18. The lowest BCUT2D eigenvalue weighted by molar-refractivity contribution is 0.0580. The highest BCUT2D eigenvalue weighted by molar-refractivity contribution is 5.98. The van der Waals surface area contributed by atoms with E-state index in [0.717, 1.165) is 18.5 Å². The number of aliphatic hydroxyl groups excluding tert-OH is 1. The van der Waals surface area contributed by atoms with E-state index >= 15 is 0 Å². The molecule has 2 aromatic rings. The molecule has 1 unspecified atom stereocenters. The molecule has 0 saturated carbocycles. The molecule has 0 fully saturated rings. The normalized spacial score (nSPS) is 12.6. The van der Waals surface area contributed by atoms with Gasteiger partial charge in [0.05, 0.1) is 11.9 Å². The van der Waals surface area contributed by atoms with Crippen LogP contribution in [0.1, 0.15) is 37.2 Å². The Morgan fingerprint density at radius 1 is 1.25 bits per heavy atom. The summed E-state index contributed by atoms with van der Waals surface area (Å²) in [5.74, 6) is -0.367. The summed E-state index contributed by atoms with van der Waals surface area (Å²) in [7, 11) is 0. The Morgan fingerprint density at radius 3 is 2.50 bits per heavy atom. The number of rotatable bonds is 6. The zero-order chi connectivity index (χ0) is 14.5. The second-order valence-electron chi connectivity index (χ2n) is 4.75. The van der Waals surface area contributed by atoms with Gasteiger partial charge in [-0.1, -0.05) is 50.1 Å². The minimum atomic E-state index is -1.01. The van der Waals surface area contributed by atoms with Crippen molar-refractivity contribution >= 4 is 5.78 Å². The Balaban J connectivity index is 2.31. The molecule has 1 aromatic carbocycles. The molecular weight excluding hydrogens is 254 g/mol. The van der Waals surface area contributed by atoms with Crippen LogP contribution in [0, 0.1) is 5.92 Å². The van der Waals surface area contributed by atoms with Crippen molar-refractivity contribution in [2.24, 2.45) is 5.92 Å². The van der Waals surface area contributed by atoms with Gasteiger partial charge in [-0.25, -0.2) is 4.68 Å². The van der Waals surface area contributed by atoms with Crippen LogP contribution < -0.4 is 0 Å². The molecule has 5 heteroatoms. The Labute approximate surface area is 118 Å². The first-order chi connectivity index (χ1) is 9.69. The predicted octanol–water partition coefficient (Wildman–Crippen LogP) is 2.25. The Kier molecular flexibility index (Phi) is 4.63. The van der Waals surface area contributed by atoms with Crippen molar-refractivity contribution in [1.29, 1.82) is 0 Å². The van der Waals surface area contributed by atoms with Crippen LogP contribution in [0.15, 0.2) is 36.5 Å². The number of hydrogen-bond acceptors (Lipinski definition) is 4. The molecule has 0 spiro atoms. The first-order valence-electron chi connectivity index (χ1n) is 6.87. The third-order valence-corrected chi connectivity index (χ3v) is 3.57. The Hall–Kier alpha value is -2.01. The second-order valence-corrected chi connectivity index (χ2v) is 4.75. The van der Waals surface area contributed by atoms with Crippen LogP contribution in [-0.2, 0) is 0 Å². The molecule has 0 bridgehead atoms. The van der Waals surface area contributed by atoms with Crippen molar-refractivity contribution < 1.29 is 9.90 Å². The number of aliphatic hydroxyl groups is 1. The average molecular weight is 273 g/mol. The lowest BCUT2D eigenvalue weighted by Gasteiger charge is -2.18. The van der Waals surface area contributed by atoms with Crippen LogP contribution in [0.2, 0.25) is 0 Å². The summed E-state index contributed by atoms with van der Waals surface area (Å²) in [6, 6.07) is 9.30. The molecule has 1 heterocycles. The predicted molar refractivity (Wildman–Crippen MR) is 75.8 cm³/mol. The van der Waals surface area contributed by atoms with Crippen molar-refractivity contribution in [2.75, 3.05) is 0 Å².